The summed E-state index contributed by atoms with van der Waals surface area (Å²) in [4.78, 5) is 20.2. The molecule has 0 spiro atoms. The molecule has 1 saturated heterocycles. The number of nitrogens with zero attached hydrogens (tertiary/aromatic N) is 2. The normalized spacial score (nSPS) is 14.4. The van der Waals surface area contributed by atoms with Crippen LogP contribution in [0.15, 0.2) is 42.2 Å². The molecule has 0 aliphatic carbocycles. The smallest absolute Gasteiger partial charge is 0.262 e. The largest absolute Gasteiger partial charge is 0.493 e. The van der Waals surface area contributed by atoms with Crippen LogP contribution in [-0.2, 0) is 16.1 Å². The maximum absolute atomic E-state index is 12.7. The quantitative estimate of drug-likeness (QED) is 0.389. The number of hydrogen-bond acceptors (Lipinski definition) is 7. The Labute approximate surface area is 197 Å². The molecule has 34 heavy (non-hydrogen) atoms. The highest BCUT2D eigenvalue weighted by Crippen LogP contribution is 2.28. The molecular weight excluding hydrogens is 436 g/mol. The third-order valence-electron chi connectivity index (χ3n) is 5.58. The van der Waals surface area contributed by atoms with E-state index in [0.717, 1.165) is 23.8 Å². The van der Waals surface area contributed by atoms with Crippen molar-refractivity contribution in [1.29, 1.82) is 5.26 Å². The molecule has 2 N–H and O–H groups in total. The minimum absolute atomic E-state index is 0.0165. The lowest BCUT2D eigenvalue weighted by Gasteiger charge is -2.23. The number of hydrogen-bond donors (Lipinski definition) is 2. The van der Waals surface area contributed by atoms with Gasteiger partial charge in [-0.1, -0.05) is 6.07 Å². The number of carbonyl (C=O) groups excluding carboxylic acids is 1. The number of ether oxygens (including phenoxy) is 4. The third kappa shape index (κ3) is 5.30. The predicted octanol–water partition coefficient (Wildman–Crippen LogP) is 3.36. The van der Waals surface area contributed by atoms with E-state index >= 15 is 0 Å². The summed E-state index contributed by atoms with van der Waals surface area (Å²) in [5, 5.41) is 13.2. The Morgan fingerprint density at radius 3 is 2.79 bits per heavy atom. The zero-order chi connectivity index (χ0) is 23.9. The summed E-state index contributed by atoms with van der Waals surface area (Å²) in [6.07, 6.45) is 6.68. The van der Waals surface area contributed by atoms with Gasteiger partial charge in [0.15, 0.2) is 11.5 Å². The number of carbonyl (C=O) groups is 1. The first-order valence-electron chi connectivity index (χ1n) is 10.9. The molecule has 3 aromatic rings. The molecule has 0 atom stereocenters. The SMILES string of the molecule is COc1ccc(CNC(=O)/C(C#N)=C/c2c[nH]c3ncc(OC4CCOCC4)cc23)cc1OC. The van der Waals surface area contributed by atoms with Gasteiger partial charge in [0.25, 0.3) is 5.91 Å². The summed E-state index contributed by atoms with van der Waals surface area (Å²) in [6, 6.07) is 9.22. The van der Waals surface area contributed by atoms with Crippen molar-refractivity contribution >= 4 is 23.0 Å². The molecule has 176 valence electrons. The van der Waals surface area contributed by atoms with Gasteiger partial charge in [-0.15, -0.1) is 0 Å². The zero-order valence-electron chi connectivity index (χ0n) is 19.1. The standard InChI is InChI=1S/C25H26N4O5/c1-31-22-4-3-16(9-23(22)32-2)13-29-25(30)17(12-26)10-18-14-27-24-21(18)11-20(15-28-24)34-19-5-7-33-8-6-19/h3-4,9-11,14-15,19H,5-8,13H2,1-2H3,(H,27,28)(H,29,30)/b17-10+. The van der Waals surface area contributed by atoms with Crippen LogP contribution >= 0.6 is 0 Å². The number of methoxy groups -OCH3 is 2. The minimum atomic E-state index is -0.478. The van der Waals surface area contributed by atoms with Gasteiger partial charge in [-0.2, -0.15) is 5.26 Å². The summed E-state index contributed by atoms with van der Waals surface area (Å²) in [6.45, 7) is 1.60. The highest BCUT2D eigenvalue weighted by atomic mass is 16.5. The average molecular weight is 463 g/mol. The lowest BCUT2D eigenvalue weighted by atomic mass is 10.1. The van der Waals surface area contributed by atoms with E-state index in [0.29, 0.717) is 41.7 Å². The number of nitriles is 1. The molecule has 3 heterocycles. The van der Waals surface area contributed by atoms with E-state index in [-0.39, 0.29) is 18.2 Å². The fourth-order valence-corrected chi connectivity index (χ4v) is 3.75. The monoisotopic (exact) mass is 462 g/mol. The highest BCUT2D eigenvalue weighted by molar-refractivity contribution is 6.03. The first kappa shape index (κ1) is 23.1. The van der Waals surface area contributed by atoms with Gasteiger partial charge >= 0.3 is 0 Å². The van der Waals surface area contributed by atoms with E-state index in [9.17, 15) is 10.1 Å². The van der Waals surface area contributed by atoms with Crippen molar-refractivity contribution in [1.82, 2.24) is 15.3 Å². The van der Waals surface area contributed by atoms with Gasteiger partial charge in [-0.05, 0) is 29.8 Å². The molecule has 9 nitrogen and oxygen atoms in total. The molecule has 4 rings (SSSR count). The van der Waals surface area contributed by atoms with Crippen LogP contribution in [0.5, 0.6) is 17.2 Å². The Balaban J connectivity index is 1.48. The number of pyridine rings is 1. The zero-order valence-corrected chi connectivity index (χ0v) is 19.1. The molecular formula is C25H26N4O5. The summed E-state index contributed by atoms with van der Waals surface area (Å²) in [5.41, 5.74) is 2.12. The van der Waals surface area contributed by atoms with Crippen molar-refractivity contribution in [3.63, 3.8) is 0 Å². The van der Waals surface area contributed by atoms with Crippen molar-refractivity contribution in [2.45, 2.75) is 25.5 Å². The van der Waals surface area contributed by atoms with E-state index in [1.54, 1.807) is 44.8 Å². The Morgan fingerprint density at radius 1 is 1.26 bits per heavy atom. The fraction of sp³-hybridized carbons (Fsp3) is 0.320. The number of aromatic nitrogens is 2. The predicted molar refractivity (Wildman–Crippen MR) is 126 cm³/mol. The maximum atomic E-state index is 12.7. The second-order valence-corrected chi connectivity index (χ2v) is 7.78. The molecule has 1 aliphatic heterocycles. The molecule has 0 unspecified atom stereocenters. The van der Waals surface area contributed by atoms with Crippen LogP contribution in [0.4, 0.5) is 0 Å². The number of amides is 1. The fourth-order valence-electron chi connectivity index (χ4n) is 3.75. The summed E-state index contributed by atoms with van der Waals surface area (Å²) < 4.78 is 21.9. The number of rotatable bonds is 8. The van der Waals surface area contributed by atoms with Crippen molar-refractivity contribution in [3.05, 3.63) is 53.4 Å². The molecule has 0 bridgehead atoms. The first-order chi connectivity index (χ1) is 16.6. The Kier molecular flexibility index (Phi) is 7.30. The second-order valence-electron chi connectivity index (χ2n) is 7.78. The molecule has 1 aromatic carbocycles. The molecule has 0 saturated carbocycles. The van der Waals surface area contributed by atoms with Crippen LogP contribution in [0.25, 0.3) is 17.1 Å². The van der Waals surface area contributed by atoms with E-state index in [4.69, 9.17) is 18.9 Å². The number of H-pyrrole nitrogens is 1. The van der Waals surface area contributed by atoms with Crippen molar-refractivity contribution < 1.29 is 23.7 Å². The Hall–Kier alpha value is -4.03. The van der Waals surface area contributed by atoms with E-state index in [2.05, 4.69) is 15.3 Å². The number of fused-ring (bicyclic) bond motifs is 1. The molecule has 1 amide bonds. The van der Waals surface area contributed by atoms with Crippen LogP contribution in [-0.4, -0.2) is 49.4 Å². The summed E-state index contributed by atoms with van der Waals surface area (Å²) in [5.74, 6) is 1.33. The lowest BCUT2D eigenvalue weighted by molar-refractivity contribution is -0.117. The highest BCUT2D eigenvalue weighted by Gasteiger charge is 2.17. The van der Waals surface area contributed by atoms with Gasteiger partial charge < -0.3 is 29.2 Å². The van der Waals surface area contributed by atoms with Gasteiger partial charge in [0.05, 0.1) is 33.6 Å². The van der Waals surface area contributed by atoms with E-state index in [1.807, 2.05) is 18.2 Å². The van der Waals surface area contributed by atoms with Crippen LogP contribution in [0.1, 0.15) is 24.0 Å². The van der Waals surface area contributed by atoms with Crippen LogP contribution in [0, 0.1) is 11.3 Å². The number of nitrogens with one attached hydrogen (secondary N) is 2. The third-order valence-corrected chi connectivity index (χ3v) is 5.58. The summed E-state index contributed by atoms with van der Waals surface area (Å²) in [7, 11) is 3.11. The van der Waals surface area contributed by atoms with E-state index < -0.39 is 5.91 Å². The van der Waals surface area contributed by atoms with Gasteiger partial charge in [0.2, 0.25) is 0 Å². The van der Waals surface area contributed by atoms with Crippen molar-refractivity contribution in [3.8, 4) is 23.3 Å². The van der Waals surface area contributed by atoms with Gasteiger partial charge in [0, 0.05) is 36.5 Å². The van der Waals surface area contributed by atoms with Gasteiger partial charge in [-0.25, -0.2) is 4.98 Å². The molecule has 1 fully saturated rings. The lowest BCUT2D eigenvalue weighted by Crippen LogP contribution is -2.25. The van der Waals surface area contributed by atoms with Crippen LogP contribution in [0.3, 0.4) is 0 Å². The number of benzene rings is 1. The van der Waals surface area contributed by atoms with Gasteiger partial charge in [0.1, 0.15) is 29.1 Å². The Bertz CT molecular complexity index is 1240. The van der Waals surface area contributed by atoms with E-state index in [1.165, 1.54) is 0 Å². The number of aromatic amines is 1. The average Bonchev–Trinajstić information content (AvgIpc) is 3.28. The van der Waals surface area contributed by atoms with Crippen molar-refractivity contribution in [2.24, 2.45) is 0 Å². The topological polar surface area (TPSA) is 118 Å². The second kappa shape index (κ2) is 10.7. The van der Waals surface area contributed by atoms with Crippen molar-refractivity contribution in [2.75, 3.05) is 27.4 Å². The van der Waals surface area contributed by atoms with Gasteiger partial charge in [-0.3, -0.25) is 4.79 Å². The minimum Gasteiger partial charge on any atom is -0.493 e. The van der Waals surface area contributed by atoms with Crippen LogP contribution in [0.2, 0.25) is 0 Å². The maximum Gasteiger partial charge on any atom is 0.262 e. The molecule has 9 heteroatoms. The molecule has 1 aliphatic rings. The molecule has 0 radical (unpaired) electrons. The molecule has 2 aromatic heterocycles. The Morgan fingerprint density at radius 2 is 2.06 bits per heavy atom. The summed E-state index contributed by atoms with van der Waals surface area (Å²) >= 11 is 0. The van der Waals surface area contributed by atoms with Crippen LogP contribution < -0.4 is 19.5 Å². The first-order valence-corrected chi connectivity index (χ1v) is 10.9.